The van der Waals surface area contributed by atoms with E-state index in [1.807, 2.05) is 30.3 Å². The Labute approximate surface area is 170 Å². The second-order valence-corrected chi connectivity index (χ2v) is 7.20. The zero-order valence-electron chi connectivity index (χ0n) is 17.0. The van der Waals surface area contributed by atoms with Crippen LogP contribution < -0.4 is 14.8 Å². The molecular weight excluding hydrogens is 368 g/mol. The molecule has 2 aromatic carbocycles. The monoisotopic (exact) mass is 394 g/mol. The Bertz CT molecular complexity index is 1030. The van der Waals surface area contributed by atoms with Gasteiger partial charge in [0.1, 0.15) is 6.04 Å². The minimum Gasteiger partial charge on any atom is -0.493 e. The molecule has 152 valence electrons. The van der Waals surface area contributed by atoms with Gasteiger partial charge in [-0.05, 0) is 35.7 Å². The molecule has 0 bridgehead atoms. The van der Waals surface area contributed by atoms with Crippen molar-refractivity contribution in [2.75, 3.05) is 20.8 Å². The second-order valence-electron chi connectivity index (χ2n) is 7.20. The van der Waals surface area contributed by atoms with Crippen LogP contribution in [0.25, 0.3) is 10.9 Å². The smallest absolute Gasteiger partial charge is 0.323 e. The molecule has 29 heavy (non-hydrogen) atoms. The molecule has 0 spiro atoms. The molecule has 6 heteroatoms. The van der Waals surface area contributed by atoms with E-state index in [-0.39, 0.29) is 12.0 Å². The Morgan fingerprint density at radius 3 is 2.72 bits per heavy atom. The number of ether oxygens (including phenoxy) is 3. The lowest BCUT2D eigenvalue weighted by Crippen LogP contribution is -2.45. The standard InChI is InChI=1S/C23H26N2O4/c1-4-11-29-19-10-9-14(12-20(19)27-2)21-22-16(13-18(25-21)23(26)28-3)15-7-5-6-8-17(15)24-22/h5-10,12,18,21,24-25H,4,11,13H2,1-3H3/t18-,21+/m1/s1. The minimum atomic E-state index is -0.418. The molecule has 3 aromatic rings. The first-order valence-electron chi connectivity index (χ1n) is 9.90. The maximum absolute atomic E-state index is 12.4. The van der Waals surface area contributed by atoms with Crippen molar-refractivity contribution in [2.45, 2.75) is 31.8 Å². The first-order valence-corrected chi connectivity index (χ1v) is 9.90. The zero-order valence-corrected chi connectivity index (χ0v) is 17.0. The fourth-order valence-electron chi connectivity index (χ4n) is 3.99. The molecule has 0 saturated carbocycles. The van der Waals surface area contributed by atoms with E-state index in [4.69, 9.17) is 14.2 Å². The number of hydrogen-bond acceptors (Lipinski definition) is 5. The van der Waals surface area contributed by atoms with Gasteiger partial charge in [0.25, 0.3) is 0 Å². The highest BCUT2D eigenvalue weighted by molar-refractivity contribution is 5.87. The topological polar surface area (TPSA) is 72.6 Å². The van der Waals surface area contributed by atoms with Gasteiger partial charge in [0.2, 0.25) is 0 Å². The van der Waals surface area contributed by atoms with Gasteiger partial charge in [0.05, 0.1) is 26.9 Å². The summed E-state index contributed by atoms with van der Waals surface area (Å²) >= 11 is 0. The molecule has 0 fully saturated rings. The van der Waals surface area contributed by atoms with E-state index in [0.29, 0.717) is 18.8 Å². The lowest BCUT2D eigenvalue weighted by Gasteiger charge is -2.30. The molecule has 0 aliphatic carbocycles. The SMILES string of the molecule is CCCOc1ccc([C@@H]2N[C@@H](C(=O)OC)Cc3c2[nH]c2ccccc32)cc1OC. The summed E-state index contributed by atoms with van der Waals surface area (Å²) in [5.74, 6) is 1.13. The van der Waals surface area contributed by atoms with E-state index in [9.17, 15) is 4.79 Å². The van der Waals surface area contributed by atoms with Crippen LogP contribution in [0.4, 0.5) is 0 Å². The van der Waals surface area contributed by atoms with Crippen LogP contribution in [0.5, 0.6) is 11.5 Å². The molecule has 1 aromatic heterocycles. The molecule has 4 rings (SSSR count). The number of para-hydroxylation sites is 1. The highest BCUT2D eigenvalue weighted by Gasteiger charge is 2.34. The van der Waals surface area contributed by atoms with Gasteiger partial charge < -0.3 is 19.2 Å². The third-order valence-corrected chi connectivity index (χ3v) is 5.38. The molecule has 6 nitrogen and oxygen atoms in total. The Morgan fingerprint density at radius 1 is 1.14 bits per heavy atom. The van der Waals surface area contributed by atoms with Crippen LogP contribution in [0, 0.1) is 0 Å². The number of carbonyl (C=O) groups excluding carboxylic acids is 1. The van der Waals surface area contributed by atoms with E-state index in [1.54, 1.807) is 7.11 Å². The lowest BCUT2D eigenvalue weighted by atomic mass is 9.90. The quantitative estimate of drug-likeness (QED) is 0.623. The number of hydrogen-bond donors (Lipinski definition) is 2. The van der Waals surface area contributed by atoms with Gasteiger partial charge in [-0.2, -0.15) is 0 Å². The van der Waals surface area contributed by atoms with Gasteiger partial charge in [-0.3, -0.25) is 10.1 Å². The fraction of sp³-hybridized carbons (Fsp3) is 0.348. The molecular formula is C23H26N2O4. The summed E-state index contributed by atoms with van der Waals surface area (Å²) in [5, 5.41) is 4.59. The molecule has 1 aliphatic heterocycles. The summed E-state index contributed by atoms with van der Waals surface area (Å²) in [5.41, 5.74) is 4.26. The summed E-state index contributed by atoms with van der Waals surface area (Å²) < 4.78 is 16.4. The average molecular weight is 394 g/mol. The van der Waals surface area contributed by atoms with Crippen LogP contribution >= 0.6 is 0 Å². The van der Waals surface area contributed by atoms with Crippen molar-refractivity contribution in [1.29, 1.82) is 0 Å². The number of esters is 1. The van der Waals surface area contributed by atoms with E-state index in [0.717, 1.165) is 39.9 Å². The molecule has 0 unspecified atom stereocenters. The Morgan fingerprint density at radius 2 is 1.97 bits per heavy atom. The normalized spacial score (nSPS) is 18.3. The van der Waals surface area contributed by atoms with Crippen molar-refractivity contribution in [3.05, 3.63) is 59.3 Å². The largest absolute Gasteiger partial charge is 0.493 e. The van der Waals surface area contributed by atoms with E-state index in [1.165, 1.54) is 7.11 Å². The van der Waals surface area contributed by atoms with Crippen molar-refractivity contribution >= 4 is 16.9 Å². The summed E-state index contributed by atoms with van der Waals surface area (Å²) in [6, 6.07) is 13.5. The van der Waals surface area contributed by atoms with Crippen molar-refractivity contribution in [3.63, 3.8) is 0 Å². The van der Waals surface area contributed by atoms with E-state index < -0.39 is 6.04 Å². The predicted molar refractivity (Wildman–Crippen MR) is 112 cm³/mol. The van der Waals surface area contributed by atoms with E-state index in [2.05, 4.69) is 29.4 Å². The lowest BCUT2D eigenvalue weighted by molar-refractivity contribution is -0.143. The maximum atomic E-state index is 12.4. The summed E-state index contributed by atoms with van der Waals surface area (Å²) in [4.78, 5) is 15.9. The third kappa shape index (κ3) is 3.56. The maximum Gasteiger partial charge on any atom is 0.323 e. The number of nitrogens with one attached hydrogen (secondary N) is 2. The van der Waals surface area contributed by atoms with E-state index >= 15 is 0 Å². The number of benzene rings is 2. The molecule has 2 heterocycles. The summed E-state index contributed by atoms with van der Waals surface area (Å²) in [6.07, 6.45) is 1.51. The Hall–Kier alpha value is -2.99. The van der Waals surface area contributed by atoms with Crippen molar-refractivity contribution in [3.8, 4) is 11.5 Å². The molecule has 1 aliphatic rings. The van der Waals surface area contributed by atoms with Gasteiger partial charge >= 0.3 is 5.97 Å². The van der Waals surface area contributed by atoms with Crippen LogP contribution in [-0.2, 0) is 16.0 Å². The summed E-state index contributed by atoms with van der Waals surface area (Å²) in [6.45, 7) is 2.70. The van der Waals surface area contributed by atoms with Gasteiger partial charge in [-0.25, -0.2) is 0 Å². The van der Waals surface area contributed by atoms with Crippen molar-refractivity contribution in [1.82, 2.24) is 10.3 Å². The van der Waals surface area contributed by atoms with Crippen molar-refractivity contribution < 1.29 is 19.0 Å². The molecule has 0 saturated heterocycles. The molecule has 2 atom stereocenters. The third-order valence-electron chi connectivity index (χ3n) is 5.38. The van der Waals surface area contributed by atoms with Crippen LogP contribution in [0.1, 0.15) is 36.2 Å². The van der Waals surface area contributed by atoms with Gasteiger partial charge in [0, 0.05) is 23.0 Å². The number of methoxy groups -OCH3 is 2. The molecule has 0 amide bonds. The van der Waals surface area contributed by atoms with Crippen LogP contribution in [0.15, 0.2) is 42.5 Å². The minimum absolute atomic E-state index is 0.190. The van der Waals surface area contributed by atoms with Crippen LogP contribution in [-0.4, -0.2) is 37.8 Å². The highest BCUT2D eigenvalue weighted by atomic mass is 16.5. The van der Waals surface area contributed by atoms with Crippen LogP contribution in [0.3, 0.4) is 0 Å². The van der Waals surface area contributed by atoms with Crippen molar-refractivity contribution in [2.24, 2.45) is 0 Å². The Kier molecular flexibility index (Phi) is 5.45. The molecule has 2 N–H and O–H groups in total. The number of H-pyrrole nitrogens is 1. The van der Waals surface area contributed by atoms with Gasteiger partial charge in [0.15, 0.2) is 11.5 Å². The first-order chi connectivity index (χ1) is 14.2. The average Bonchev–Trinajstić information content (AvgIpc) is 3.15. The number of aromatic amines is 1. The molecule has 0 radical (unpaired) electrons. The Balaban J connectivity index is 1.79. The van der Waals surface area contributed by atoms with Gasteiger partial charge in [-0.15, -0.1) is 0 Å². The number of carbonyl (C=O) groups is 1. The predicted octanol–water partition coefficient (Wildman–Crippen LogP) is 3.74. The fourth-order valence-corrected chi connectivity index (χ4v) is 3.99. The van der Waals surface area contributed by atoms with Gasteiger partial charge in [-0.1, -0.05) is 31.2 Å². The highest BCUT2D eigenvalue weighted by Crippen LogP contribution is 2.38. The number of rotatable bonds is 6. The zero-order chi connectivity index (χ0) is 20.4. The second kappa shape index (κ2) is 8.17. The van der Waals surface area contributed by atoms with Crippen LogP contribution in [0.2, 0.25) is 0 Å². The number of fused-ring (bicyclic) bond motifs is 3. The first kappa shape index (κ1) is 19.3. The summed E-state index contributed by atoms with van der Waals surface area (Å²) in [7, 11) is 3.06. The number of aromatic nitrogens is 1.